The van der Waals surface area contributed by atoms with Gasteiger partial charge in [0.1, 0.15) is 13.2 Å². The van der Waals surface area contributed by atoms with Crippen molar-refractivity contribution in [2.24, 2.45) is 0 Å². The van der Waals surface area contributed by atoms with E-state index in [2.05, 4.69) is 20.8 Å². The fourth-order valence-corrected chi connectivity index (χ4v) is 8.98. The maximum absolute atomic E-state index is 12.8. The van der Waals surface area contributed by atoms with Crippen LogP contribution in [0.15, 0.2) is 0 Å². The van der Waals surface area contributed by atoms with Gasteiger partial charge in [0, 0.05) is 19.3 Å². The molecule has 0 amide bonds. The minimum Gasteiger partial charge on any atom is -0.462 e. The summed E-state index contributed by atoms with van der Waals surface area (Å²) in [5.74, 6) is -0.833. The van der Waals surface area contributed by atoms with Gasteiger partial charge in [0.25, 0.3) is 0 Å². The smallest absolute Gasteiger partial charge is 0.306 e. The normalized spacial score (nSPS) is 11.9. The minimum atomic E-state index is -0.760. The molecule has 0 fully saturated rings. The number of hydrogen-bond acceptors (Lipinski definition) is 6. The highest BCUT2D eigenvalue weighted by atomic mass is 16.6. The summed E-state index contributed by atoms with van der Waals surface area (Å²) >= 11 is 0. The molecule has 380 valence electrons. The van der Waals surface area contributed by atoms with Crippen molar-refractivity contribution in [3.05, 3.63) is 0 Å². The molecule has 0 bridgehead atoms. The Morgan fingerprint density at radius 1 is 0.250 bits per heavy atom. The second kappa shape index (κ2) is 54.0. The van der Waals surface area contributed by atoms with E-state index in [1.54, 1.807) is 0 Å². The van der Waals surface area contributed by atoms with E-state index in [1.165, 1.54) is 238 Å². The first-order valence-electron chi connectivity index (χ1n) is 29.0. The molecule has 0 saturated heterocycles. The van der Waals surface area contributed by atoms with Gasteiger partial charge >= 0.3 is 17.9 Å². The molecule has 1 atom stereocenters. The Bertz CT molecular complexity index is 951. The number of carbonyl (C=O) groups excluding carboxylic acids is 3. The average Bonchev–Trinajstić information content (AvgIpc) is 3.29. The summed E-state index contributed by atoms with van der Waals surface area (Å²) < 4.78 is 16.9. The molecule has 0 radical (unpaired) electrons. The second-order valence-electron chi connectivity index (χ2n) is 19.9. The molecule has 0 rings (SSSR count). The van der Waals surface area contributed by atoms with Crippen molar-refractivity contribution >= 4 is 17.9 Å². The lowest BCUT2D eigenvalue weighted by Gasteiger charge is -2.18. The van der Waals surface area contributed by atoms with E-state index < -0.39 is 6.10 Å². The van der Waals surface area contributed by atoms with Crippen LogP contribution in [0.4, 0.5) is 0 Å². The highest BCUT2D eigenvalue weighted by molar-refractivity contribution is 5.71. The fourth-order valence-electron chi connectivity index (χ4n) is 8.98. The van der Waals surface area contributed by atoms with Crippen LogP contribution in [0.1, 0.15) is 335 Å². The SMILES string of the molecule is CCCCCCCCCCCCCCCCCCCCCC(=O)OCC(COC(=O)CCCCCCCCCCCCCC)OC(=O)CCCCCCCCCCCCCCCCC. The Balaban J connectivity index is 4.25. The van der Waals surface area contributed by atoms with Gasteiger partial charge in [-0.05, 0) is 19.3 Å². The van der Waals surface area contributed by atoms with E-state index in [1.807, 2.05) is 0 Å². The molecule has 0 aromatic heterocycles. The van der Waals surface area contributed by atoms with E-state index in [4.69, 9.17) is 14.2 Å². The van der Waals surface area contributed by atoms with Crippen molar-refractivity contribution in [3.63, 3.8) is 0 Å². The number of carbonyl (C=O) groups is 3. The van der Waals surface area contributed by atoms with Gasteiger partial charge in [-0.25, -0.2) is 0 Å². The first kappa shape index (κ1) is 62.4. The first-order chi connectivity index (χ1) is 31.5. The van der Waals surface area contributed by atoms with Crippen molar-refractivity contribution < 1.29 is 28.6 Å². The van der Waals surface area contributed by atoms with Crippen LogP contribution >= 0.6 is 0 Å². The van der Waals surface area contributed by atoms with Crippen LogP contribution in [0.3, 0.4) is 0 Å². The van der Waals surface area contributed by atoms with Crippen molar-refractivity contribution in [2.45, 2.75) is 341 Å². The number of hydrogen-bond donors (Lipinski definition) is 0. The molecule has 0 aliphatic heterocycles. The van der Waals surface area contributed by atoms with Gasteiger partial charge in [0.2, 0.25) is 0 Å². The van der Waals surface area contributed by atoms with Crippen LogP contribution in [-0.2, 0) is 28.6 Å². The molecule has 6 nitrogen and oxygen atoms in total. The maximum Gasteiger partial charge on any atom is 0.306 e. The van der Waals surface area contributed by atoms with E-state index in [0.29, 0.717) is 19.3 Å². The standard InChI is InChI=1S/C58H112O6/c1-4-7-10-13-16-19-22-25-27-28-29-30-32-33-36-39-42-45-48-51-57(60)63-54-55(53-62-56(59)50-47-44-41-38-35-24-21-18-15-12-9-6-3)64-58(61)52-49-46-43-40-37-34-31-26-23-20-17-14-11-8-5-2/h55H,4-54H2,1-3H3. The summed E-state index contributed by atoms with van der Waals surface area (Å²) in [7, 11) is 0. The third-order valence-corrected chi connectivity index (χ3v) is 13.4. The summed E-state index contributed by atoms with van der Waals surface area (Å²) in [6.45, 7) is 6.70. The molecule has 0 aliphatic rings. The lowest BCUT2D eigenvalue weighted by molar-refractivity contribution is -0.167. The second-order valence-corrected chi connectivity index (χ2v) is 19.9. The zero-order valence-corrected chi connectivity index (χ0v) is 43.6. The number of esters is 3. The molecular weight excluding hydrogens is 793 g/mol. The lowest BCUT2D eigenvalue weighted by Crippen LogP contribution is -2.30. The van der Waals surface area contributed by atoms with E-state index >= 15 is 0 Å². The predicted molar refractivity (Wildman–Crippen MR) is 275 cm³/mol. The average molecular weight is 906 g/mol. The quantitative estimate of drug-likeness (QED) is 0.0344. The summed E-state index contributed by atoms with van der Waals surface area (Å²) in [5.41, 5.74) is 0. The molecule has 0 saturated carbocycles. The Morgan fingerprint density at radius 3 is 0.625 bits per heavy atom. The largest absolute Gasteiger partial charge is 0.462 e. The van der Waals surface area contributed by atoms with Crippen LogP contribution in [-0.4, -0.2) is 37.2 Å². The molecule has 1 unspecified atom stereocenters. The Kier molecular flexibility index (Phi) is 52.7. The Hall–Kier alpha value is -1.59. The van der Waals surface area contributed by atoms with Gasteiger partial charge in [0.15, 0.2) is 6.10 Å². The van der Waals surface area contributed by atoms with Crippen molar-refractivity contribution in [2.75, 3.05) is 13.2 Å². The molecule has 6 heteroatoms. The van der Waals surface area contributed by atoms with Crippen molar-refractivity contribution in [1.29, 1.82) is 0 Å². The summed E-state index contributed by atoms with van der Waals surface area (Å²) in [4.78, 5) is 38.1. The first-order valence-corrected chi connectivity index (χ1v) is 29.0. The van der Waals surface area contributed by atoms with Crippen LogP contribution < -0.4 is 0 Å². The highest BCUT2D eigenvalue weighted by Gasteiger charge is 2.19. The summed E-state index contributed by atoms with van der Waals surface area (Å²) in [6.07, 6.45) is 59.5. The van der Waals surface area contributed by atoms with Crippen LogP contribution in [0.25, 0.3) is 0 Å². The lowest BCUT2D eigenvalue weighted by atomic mass is 10.0. The minimum absolute atomic E-state index is 0.0611. The molecule has 0 spiro atoms. The molecule has 64 heavy (non-hydrogen) atoms. The number of rotatable bonds is 54. The number of ether oxygens (including phenoxy) is 3. The van der Waals surface area contributed by atoms with Crippen molar-refractivity contribution in [3.8, 4) is 0 Å². The van der Waals surface area contributed by atoms with E-state index in [9.17, 15) is 14.4 Å². The third kappa shape index (κ3) is 51.4. The van der Waals surface area contributed by atoms with Gasteiger partial charge in [-0.2, -0.15) is 0 Å². The Labute approximate surface area is 399 Å². The molecule has 0 aromatic carbocycles. The monoisotopic (exact) mass is 905 g/mol. The van der Waals surface area contributed by atoms with E-state index in [0.717, 1.165) is 57.8 Å². The van der Waals surface area contributed by atoms with Gasteiger partial charge < -0.3 is 14.2 Å². The zero-order valence-electron chi connectivity index (χ0n) is 43.6. The van der Waals surface area contributed by atoms with Crippen LogP contribution in [0, 0.1) is 0 Å². The van der Waals surface area contributed by atoms with Gasteiger partial charge in [-0.3, -0.25) is 14.4 Å². The van der Waals surface area contributed by atoms with Gasteiger partial charge in [0.05, 0.1) is 0 Å². The molecule has 0 heterocycles. The zero-order chi connectivity index (χ0) is 46.5. The predicted octanol–water partition coefficient (Wildman–Crippen LogP) is 19.2. The van der Waals surface area contributed by atoms with Crippen molar-refractivity contribution in [1.82, 2.24) is 0 Å². The molecule has 0 N–H and O–H groups in total. The topological polar surface area (TPSA) is 78.9 Å². The Morgan fingerprint density at radius 2 is 0.422 bits per heavy atom. The van der Waals surface area contributed by atoms with Gasteiger partial charge in [-0.15, -0.1) is 0 Å². The van der Waals surface area contributed by atoms with E-state index in [-0.39, 0.29) is 31.1 Å². The van der Waals surface area contributed by atoms with Crippen LogP contribution in [0.5, 0.6) is 0 Å². The third-order valence-electron chi connectivity index (χ3n) is 13.4. The summed E-state index contributed by atoms with van der Waals surface area (Å²) in [5, 5.41) is 0. The molecule has 0 aliphatic carbocycles. The van der Waals surface area contributed by atoms with Gasteiger partial charge in [-0.1, -0.05) is 297 Å². The molecular formula is C58H112O6. The van der Waals surface area contributed by atoms with Crippen LogP contribution in [0.2, 0.25) is 0 Å². The fraction of sp³-hybridized carbons (Fsp3) is 0.948. The summed E-state index contributed by atoms with van der Waals surface area (Å²) in [6, 6.07) is 0. The maximum atomic E-state index is 12.8. The highest BCUT2D eigenvalue weighted by Crippen LogP contribution is 2.18. The molecule has 0 aromatic rings. The number of unbranched alkanes of at least 4 members (excludes halogenated alkanes) is 43.